The number of ether oxygens (including phenoxy) is 2. The summed E-state index contributed by atoms with van der Waals surface area (Å²) >= 11 is 0. The Bertz CT molecular complexity index is 712. The van der Waals surface area contributed by atoms with Crippen molar-refractivity contribution in [2.75, 3.05) is 24.6 Å². The molecule has 0 saturated carbocycles. The first kappa shape index (κ1) is 15.4. The molecule has 0 N–H and O–H groups in total. The molecule has 0 amide bonds. The summed E-state index contributed by atoms with van der Waals surface area (Å²) in [6.07, 6.45) is 4.99. The van der Waals surface area contributed by atoms with Crippen molar-refractivity contribution in [1.82, 2.24) is 9.97 Å². The Balaban J connectivity index is 1.61. The van der Waals surface area contributed by atoms with Gasteiger partial charge >= 0.3 is 0 Å². The first-order valence-corrected chi connectivity index (χ1v) is 8.75. The van der Waals surface area contributed by atoms with Crippen LogP contribution in [0.4, 0.5) is 5.82 Å². The number of hydrogen-bond acceptors (Lipinski definition) is 5. The first-order chi connectivity index (χ1) is 11.8. The van der Waals surface area contributed by atoms with E-state index >= 15 is 0 Å². The average molecular weight is 325 g/mol. The summed E-state index contributed by atoms with van der Waals surface area (Å²) in [7, 11) is 0. The second-order valence-electron chi connectivity index (χ2n) is 6.34. The molecule has 3 heterocycles. The van der Waals surface area contributed by atoms with E-state index in [1.807, 2.05) is 12.1 Å². The Kier molecular flexibility index (Phi) is 4.34. The van der Waals surface area contributed by atoms with Crippen LogP contribution in [-0.2, 0) is 17.8 Å². The number of aromatic nitrogens is 2. The van der Waals surface area contributed by atoms with E-state index in [4.69, 9.17) is 9.47 Å². The molecule has 0 spiro atoms. The third-order valence-electron chi connectivity index (χ3n) is 4.86. The number of anilines is 1. The molecule has 2 aromatic rings. The minimum absolute atomic E-state index is 0.385. The lowest BCUT2D eigenvalue weighted by molar-refractivity contribution is 0.0458. The van der Waals surface area contributed by atoms with E-state index in [2.05, 4.69) is 33.9 Å². The Morgan fingerprint density at radius 3 is 2.88 bits per heavy atom. The summed E-state index contributed by atoms with van der Waals surface area (Å²) in [4.78, 5) is 11.5. The van der Waals surface area contributed by atoms with E-state index in [0.717, 1.165) is 56.2 Å². The van der Waals surface area contributed by atoms with E-state index in [-0.39, 0.29) is 0 Å². The van der Waals surface area contributed by atoms with Gasteiger partial charge in [0.25, 0.3) is 0 Å². The van der Waals surface area contributed by atoms with Gasteiger partial charge < -0.3 is 14.4 Å². The zero-order valence-corrected chi connectivity index (χ0v) is 14.1. The van der Waals surface area contributed by atoms with Crippen LogP contribution in [0, 0.1) is 0 Å². The normalized spacial score (nSPS) is 17.6. The second-order valence-corrected chi connectivity index (χ2v) is 6.34. The maximum Gasteiger partial charge on any atom is 0.135 e. The molecule has 0 radical (unpaired) electrons. The predicted octanol–water partition coefficient (Wildman–Crippen LogP) is 2.97. The highest BCUT2D eigenvalue weighted by molar-refractivity contribution is 5.53. The SMILES string of the molecule is CCOC1CCN(c2ncnc3c2Cc2ccccc2OC3)CC1. The van der Waals surface area contributed by atoms with E-state index in [0.29, 0.717) is 12.7 Å². The molecule has 1 fully saturated rings. The van der Waals surface area contributed by atoms with Crippen molar-refractivity contribution in [3.8, 4) is 5.75 Å². The Morgan fingerprint density at radius 2 is 2.04 bits per heavy atom. The lowest BCUT2D eigenvalue weighted by atomic mass is 10.0. The zero-order valence-electron chi connectivity index (χ0n) is 14.1. The maximum atomic E-state index is 5.94. The largest absolute Gasteiger partial charge is 0.487 e. The van der Waals surface area contributed by atoms with Crippen molar-refractivity contribution < 1.29 is 9.47 Å². The monoisotopic (exact) mass is 325 g/mol. The van der Waals surface area contributed by atoms with Crippen LogP contribution in [0.5, 0.6) is 5.75 Å². The van der Waals surface area contributed by atoms with Gasteiger partial charge in [0.1, 0.15) is 24.5 Å². The fourth-order valence-corrected chi connectivity index (χ4v) is 3.61. The topological polar surface area (TPSA) is 47.5 Å². The van der Waals surface area contributed by atoms with Gasteiger partial charge in [0.05, 0.1) is 11.8 Å². The standard InChI is InChI=1S/C19H23N3O2/c1-2-23-15-7-9-22(10-8-15)19-16-11-14-5-3-4-6-18(14)24-12-17(16)20-13-21-19/h3-6,13,15H,2,7-12H2,1H3. The van der Waals surface area contributed by atoms with Gasteiger partial charge in [-0.05, 0) is 31.4 Å². The summed E-state index contributed by atoms with van der Waals surface area (Å²) < 4.78 is 11.7. The van der Waals surface area contributed by atoms with E-state index in [9.17, 15) is 0 Å². The van der Waals surface area contributed by atoms with Crippen LogP contribution in [0.3, 0.4) is 0 Å². The third kappa shape index (κ3) is 2.96. The molecule has 2 aliphatic rings. The number of nitrogens with zero attached hydrogens (tertiary/aromatic N) is 3. The Labute approximate surface area is 142 Å². The fourth-order valence-electron chi connectivity index (χ4n) is 3.61. The van der Waals surface area contributed by atoms with Gasteiger partial charge in [-0.15, -0.1) is 0 Å². The maximum absolute atomic E-state index is 5.94. The molecule has 4 rings (SSSR count). The lowest BCUT2D eigenvalue weighted by Gasteiger charge is -2.33. The fraction of sp³-hybridized carbons (Fsp3) is 0.474. The lowest BCUT2D eigenvalue weighted by Crippen LogP contribution is -2.38. The highest BCUT2D eigenvalue weighted by Crippen LogP contribution is 2.32. The molecule has 0 unspecified atom stereocenters. The van der Waals surface area contributed by atoms with Gasteiger partial charge in [-0.3, -0.25) is 0 Å². The molecule has 1 saturated heterocycles. The molecule has 0 aliphatic carbocycles. The molecule has 1 aromatic carbocycles. The van der Waals surface area contributed by atoms with Crippen LogP contribution >= 0.6 is 0 Å². The van der Waals surface area contributed by atoms with Gasteiger partial charge in [-0.25, -0.2) is 9.97 Å². The highest BCUT2D eigenvalue weighted by Gasteiger charge is 2.25. The molecule has 126 valence electrons. The number of rotatable bonds is 3. The van der Waals surface area contributed by atoms with Gasteiger partial charge in [0.2, 0.25) is 0 Å². The van der Waals surface area contributed by atoms with E-state index in [1.54, 1.807) is 6.33 Å². The second kappa shape index (κ2) is 6.77. The zero-order chi connectivity index (χ0) is 16.4. The number of benzene rings is 1. The van der Waals surface area contributed by atoms with E-state index in [1.165, 1.54) is 11.1 Å². The van der Waals surface area contributed by atoms with Crippen LogP contribution in [0.1, 0.15) is 36.6 Å². The van der Waals surface area contributed by atoms with Gasteiger partial charge in [0, 0.05) is 31.7 Å². The average Bonchev–Trinajstić information content (AvgIpc) is 2.82. The molecule has 5 heteroatoms. The van der Waals surface area contributed by atoms with Crippen molar-refractivity contribution in [2.24, 2.45) is 0 Å². The molecule has 1 aromatic heterocycles. The predicted molar refractivity (Wildman–Crippen MR) is 92.5 cm³/mol. The number of para-hydroxylation sites is 1. The molecular formula is C19H23N3O2. The molecular weight excluding hydrogens is 302 g/mol. The molecule has 5 nitrogen and oxygen atoms in total. The van der Waals surface area contributed by atoms with Crippen LogP contribution in [0.2, 0.25) is 0 Å². The smallest absolute Gasteiger partial charge is 0.135 e. The highest BCUT2D eigenvalue weighted by atomic mass is 16.5. The van der Waals surface area contributed by atoms with Crippen molar-refractivity contribution in [3.05, 3.63) is 47.4 Å². The van der Waals surface area contributed by atoms with Gasteiger partial charge in [0.15, 0.2) is 0 Å². The van der Waals surface area contributed by atoms with E-state index < -0.39 is 0 Å². The molecule has 0 atom stereocenters. The number of fused-ring (bicyclic) bond motifs is 2. The summed E-state index contributed by atoms with van der Waals surface area (Å²) in [5, 5.41) is 0. The summed E-state index contributed by atoms with van der Waals surface area (Å²) in [5.74, 6) is 2.02. The Morgan fingerprint density at radius 1 is 1.21 bits per heavy atom. The van der Waals surface area contributed by atoms with Crippen molar-refractivity contribution in [2.45, 2.75) is 38.9 Å². The number of hydrogen-bond donors (Lipinski definition) is 0. The van der Waals surface area contributed by atoms with Crippen molar-refractivity contribution in [1.29, 1.82) is 0 Å². The summed E-state index contributed by atoms with van der Waals surface area (Å²) in [5.41, 5.74) is 3.41. The van der Waals surface area contributed by atoms with Crippen molar-refractivity contribution >= 4 is 5.82 Å². The van der Waals surface area contributed by atoms with Crippen molar-refractivity contribution in [3.63, 3.8) is 0 Å². The van der Waals surface area contributed by atoms with Crippen LogP contribution in [-0.4, -0.2) is 35.8 Å². The quantitative estimate of drug-likeness (QED) is 0.868. The summed E-state index contributed by atoms with van der Waals surface area (Å²) in [6, 6.07) is 8.23. The van der Waals surface area contributed by atoms with Gasteiger partial charge in [-0.2, -0.15) is 0 Å². The summed E-state index contributed by atoms with van der Waals surface area (Å²) in [6.45, 7) is 5.33. The first-order valence-electron chi connectivity index (χ1n) is 8.75. The van der Waals surface area contributed by atoms with Crippen LogP contribution < -0.4 is 9.64 Å². The molecule has 2 aliphatic heterocycles. The van der Waals surface area contributed by atoms with Gasteiger partial charge in [-0.1, -0.05) is 18.2 Å². The molecule has 24 heavy (non-hydrogen) atoms. The third-order valence-corrected chi connectivity index (χ3v) is 4.86. The number of piperidine rings is 1. The van der Waals surface area contributed by atoms with Crippen LogP contribution in [0.25, 0.3) is 0 Å². The minimum Gasteiger partial charge on any atom is -0.487 e. The minimum atomic E-state index is 0.385. The van der Waals surface area contributed by atoms with Crippen LogP contribution in [0.15, 0.2) is 30.6 Å². The molecule has 0 bridgehead atoms. The Hall–Kier alpha value is -2.14.